The smallest absolute Gasteiger partial charge is 0.303 e. The molecule has 0 bridgehead atoms. The summed E-state index contributed by atoms with van der Waals surface area (Å²) in [6.45, 7) is 9.05. The first-order valence-electron chi connectivity index (χ1n) is 13.2. The van der Waals surface area contributed by atoms with Crippen LogP contribution in [-0.4, -0.2) is 41.9 Å². The van der Waals surface area contributed by atoms with E-state index in [2.05, 4.69) is 31.2 Å². The van der Waals surface area contributed by atoms with Crippen molar-refractivity contribution < 1.29 is 24.0 Å². The van der Waals surface area contributed by atoms with Gasteiger partial charge in [0, 0.05) is 50.0 Å². The van der Waals surface area contributed by atoms with Crippen LogP contribution in [0, 0.1) is 17.3 Å². The van der Waals surface area contributed by atoms with E-state index in [4.69, 9.17) is 9.26 Å². The predicted octanol–water partition coefficient (Wildman–Crippen LogP) is 5.36. The summed E-state index contributed by atoms with van der Waals surface area (Å²) in [6, 6.07) is 0. The summed E-state index contributed by atoms with van der Waals surface area (Å²) in [4.78, 5) is 24.2. The summed E-state index contributed by atoms with van der Waals surface area (Å²) in [7, 11) is 0. The van der Waals surface area contributed by atoms with Gasteiger partial charge in [-0.2, -0.15) is 0 Å². The summed E-state index contributed by atoms with van der Waals surface area (Å²) in [5.41, 5.74) is 2.38. The van der Waals surface area contributed by atoms with Gasteiger partial charge < -0.3 is 19.7 Å². The normalized spacial score (nSPS) is 24.4. The number of carboxylic acids is 1. The second kappa shape index (κ2) is 10.8. The highest BCUT2D eigenvalue weighted by Gasteiger charge is 2.42. The summed E-state index contributed by atoms with van der Waals surface area (Å²) in [5, 5.41) is 16.9. The molecular formula is C27H42N2O5. The van der Waals surface area contributed by atoms with Gasteiger partial charge in [-0.1, -0.05) is 25.9 Å². The number of aliphatic carboxylic acids is 1. The number of amides is 1. The van der Waals surface area contributed by atoms with E-state index in [9.17, 15) is 14.7 Å². The molecule has 7 heteroatoms. The molecule has 2 heterocycles. The van der Waals surface area contributed by atoms with Gasteiger partial charge in [-0.15, -0.1) is 0 Å². The van der Waals surface area contributed by atoms with Crippen LogP contribution in [-0.2, 0) is 14.3 Å². The van der Waals surface area contributed by atoms with E-state index >= 15 is 0 Å². The topological polar surface area (TPSA) is 102 Å². The lowest BCUT2D eigenvalue weighted by Gasteiger charge is -2.38. The maximum Gasteiger partial charge on any atom is 0.303 e. The van der Waals surface area contributed by atoms with E-state index in [1.807, 2.05) is 0 Å². The molecule has 3 fully saturated rings. The minimum atomic E-state index is -0.840. The van der Waals surface area contributed by atoms with Crippen LogP contribution in [0.4, 0.5) is 0 Å². The molecule has 0 spiro atoms. The van der Waals surface area contributed by atoms with E-state index < -0.39 is 5.97 Å². The summed E-state index contributed by atoms with van der Waals surface area (Å²) >= 11 is 0. The first-order chi connectivity index (χ1) is 16.2. The lowest BCUT2D eigenvalue weighted by Crippen LogP contribution is -2.33. The molecule has 1 amide bonds. The molecule has 1 saturated heterocycles. The number of rotatable bonds is 11. The van der Waals surface area contributed by atoms with Gasteiger partial charge in [0.15, 0.2) is 0 Å². The van der Waals surface area contributed by atoms with Crippen molar-refractivity contribution in [3.8, 4) is 0 Å². The fourth-order valence-electron chi connectivity index (χ4n) is 5.81. The molecule has 1 aromatic heterocycles. The van der Waals surface area contributed by atoms with Crippen molar-refractivity contribution in [1.82, 2.24) is 10.5 Å². The fraction of sp³-hybridized carbons (Fsp3) is 0.815. The number of hydrogen-bond acceptors (Lipinski definition) is 5. The van der Waals surface area contributed by atoms with Crippen molar-refractivity contribution in [1.29, 1.82) is 0 Å². The molecule has 1 aliphatic heterocycles. The minimum Gasteiger partial charge on any atom is -0.481 e. The van der Waals surface area contributed by atoms with Crippen molar-refractivity contribution in [2.45, 2.75) is 103 Å². The third-order valence-electron chi connectivity index (χ3n) is 7.73. The Kier molecular flexibility index (Phi) is 8.01. The molecule has 2 N–H and O–H groups in total. The number of ether oxygens (including phenoxy) is 1. The number of carbonyl (C=O) groups excluding carboxylic acids is 1. The Morgan fingerprint density at radius 3 is 2.41 bits per heavy atom. The van der Waals surface area contributed by atoms with Crippen molar-refractivity contribution >= 4 is 11.9 Å². The Labute approximate surface area is 203 Å². The first-order valence-corrected chi connectivity index (χ1v) is 13.2. The molecule has 0 radical (unpaired) electrons. The zero-order valence-corrected chi connectivity index (χ0v) is 21.1. The van der Waals surface area contributed by atoms with Crippen LogP contribution in [0.1, 0.15) is 120 Å². The van der Waals surface area contributed by atoms with Gasteiger partial charge >= 0.3 is 5.97 Å². The van der Waals surface area contributed by atoms with E-state index in [-0.39, 0.29) is 24.7 Å². The first kappa shape index (κ1) is 25.2. The van der Waals surface area contributed by atoms with Gasteiger partial charge in [0.1, 0.15) is 5.76 Å². The standard InChI is InChI=1S/C27H42N2O5/c1-27(2,3)15-18-12-21(13-18)26-24(19-4-5-19)25(29-34-26)20(6-7-23(31)32)14-22(30)28-16-17-8-10-33-11-9-17/h17-21H,4-16H2,1-3H3,(H,28,30)(H,31,32)/t18-,20-,21+/m0/s1. The average molecular weight is 475 g/mol. The molecule has 2 aliphatic carbocycles. The maximum atomic E-state index is 12.8. The molecule has 0 unspecified atom stereocenters. The molecular weight excluding hydrogens is 432 g/mol. The van der Waals surface area contributed by atoms with Crippen LogP contribution in [0.2, 0.25) is 0 Å². The average Bonchev–Trinajstić information content (AvgIpc) is 3.50. The Morgan fingerprint density at radius 2 is 1.79 bits per heavy atom. The lowest BCUT2D eigenvalue weighted by atomic mass is 9.66. The number of aromatic nitrogens is 1. The minimum absolute atomic E-state index is 0.0259. The summed E-state index contributed by atoms with van der Waals surface area (Å²) < 4.78 is 11.4. The molecule has 34 heavy (non-hydrogen) atoms. The molecule has 0 aromatic carbocycles. The van der Waals surface area contributed by atoms with Crippen molar-refractivity contribution in [3.63, 3.8) is 0 Å². The predicted molar refractivity (Wildman–Crippen MR) is 129 cm³/mol. The van der Waals surface area contributed by atoms with Crippen molar-refractivity contribution in [2.24, 2.45) is 17.3 Å². The van der Waals surface area contributed by atoms with Gasteiger partial charge in [0.25, 0.3) is 0 Å². The van der Waals surface area contributed by atoms with E-state index in [1.165, 1.54) is 12.0 Å². The van der Waals surface area contributed by atoms with Gasteiger partial charge in [0.2, 0.25) is 5.91 Å². The SMILES string of the molecule is CC(C)(C)C[C@H]1C[C@@H](c2onc([C@@H](CCC(=O)O)CC(=O)NCC3CCOCC3)c2C2CC2)C1. The number of nitrogens with zero attached hydrogens (tertiary/aromatic N) is 1. The summed E-state index contributed by atoms with van der Waals surface area (Å²) in [6.07, 6.45) is 8.38. The Balaban J connectivity index is 1.43. The molecule has 2 saturated carbocycles. The van der Waals surface area contributed by atoms with Gasteiger partial charge in [0.05, 0.1) is 5.69 Å². The monoisotopic (exact) mass is 474 g/mol. The van der Waals surface area contributed by atoms with Crippen LogP contribution in [0.5, 0.6) is 0 Å². The largest absolute Gasteiger partial charge is 0.481 e. The highest BCUT2D eigenvalue weighted by atomic mass is 16.5. The highest BCUT2D eigenvalue weighted by molar-refractivity contribution is 5.77. The molecule has 1 aromatic rings. The van der Waals surface area contributed by atoms with E-state index in [0.717, 1.165) is 69.1 Å². The number of carboxylic acid groups (broad SMARTS) is 1. The Bertz CT molecular complexity index is 842. The quantitative estimate of drug-likeness (QED) is 0.447. The number of hydrogen-bond donors (Lipinski definition) is 2. The molecule has 190 valence electrons. The van der Waals surface area contributed by atoms with Gasteiger partial charge in [-0.25, -0.2) is 0 Å². The molecule has 1 atom stereocenters. The van der Waals surface area contributed by atoms with Crippen molar-refractivity contribution in [2.75, 3.05) is 19.8 Å². The molecule has 4 rings (SSSR count). The second-order valence-corrected chi connectivity index (χ2v) is 12.1. The third-order valence-corrected chi connectivity index (χ3v) is 7.73. The van der Waals surface area contributed by atoms with Crippen LogP contribution in [0.25, 0.3) is 0 Å². The van der Waals surface area contributed by atoms with Crippen LogP contribution in [0.3, 0.4) is 0 Å². The lowest BCUT2D eigenvalue weighted by molar-refractivity contribution is -0.137. The Morgan fingerprint density at radius 1 is 1.09 bits per heavy atom. The fourth-order valence-corrected chi connectivity index (χ4v) is 5.81. The van der Waals surface area contributed by atoms with Gasteiger partial charge in [-0.3, -0.25) is 9.59 Å². The second-order valence-electron chi connectivity index (χ2n) is 12.1. The molecule has 3 aliphatic rings. The van der Waals surface area contributed by atoms with Crippen molar-refractivity contribution in [3.05, 3.63) is 17.0 Å². The Hall–Kier alpha value is -1.89. The van der Waals surface area contributed by atoms with Gasteiger partial charge in [-0.05, 0) is 74.5 Å². The van der Waals surface area contributed by atoms with Crippen LogP contribution >= 0.6 is 0 Å². The maximum absolute atomic E-state index is 12.8. The zero-order valence-electron chi connectivity index (χ0n) is 21.1. The van der Waals surface area contributed by atoms with Crippen LogP contribution < -0.4 is 5.32 Å². The van der Waals surface area contributed by atoms with Crippen LogP contribution in [0.15, 0.2) is 4.52 Å². The number of nitrogens with one attached hydrogen (secondary N) is 1. The van der Waals surface area contributed by atoms with E-state index in [0.29, 0.717) is 36.1 Å². The zero-order chi connectivity index (χ0) is 24.3. The molecule has 7 nitrogen and oxygen atoms in total. The number of carbonyl (C=O) groups is 2. The van der Waals surface area contributed by atoms with E-state index in [1.54, 1.807) is 0 Å². The highest BCUT2D eigenvalue weighted by Crippen LogP contribution is 2.53. The summed E-state index contributed by atoms with van der Waals surface area (Å²) in [5.74, 6) is 1.98. The third kappa shape index (κ3) is 6.83.